The molecule has 82 valence electrons. The van der Waals surface area contributed by atoms with Gasteiger partial charge in [-0.25, -0.2) is 0 Å². The molecule has 0 spiro atoms. The van der Waals surface area contributed by atoms with Crippen LogP contribution in [0.15, 0.2) is 0 Å². The second-order valence-electron chi connectivity index (χ2n) is 5.77. The predicted molar refractivity (Wildman–Crippen MR) is 60.5 cm³/mol. The fourth-order valence-electron chi connectivity index (χ4n) is 2.52. The van der Waals surface area contributed by atoms with Crippen LogP contribution in [0.2, 0.25) is 0 Å². The van der Waals surface area contributed by atoms with E-state index in [1.165, 1.54) is 25.8 Å². The molecule has 0 aromatic rings. The summed E-state index contributed by atoms with van der Waals surface area (Å²) in [4.78, 5) is 2.73. The van der Waals surface area contributed by atoms with Crippen LogP contribution in [0.5, 0.6) is 0 Å². The molecule has 2 atom stereocenters. The molecule has 0 aromatic heterocycles. The molecule has 0 aromatic carbocycles. The molecule has 2 rings (SSSR count). The highest BCUT2D eigenvalue weighted by atomic mass is 15.3. The van der Waals surface area contributed by atoms with Crippen molar-refractivity contribution in [3.05, 3.63) is 0 Å². The molecule has 1 aliphatic carbocycles. The van der Waals surface area contributed by atoms with Crippen molar-refractivity contribution in [2.45, 2.75) is 64.1 Å². The molecule has 2 aliphatic rings. The lowest BCUT2D eigenvalue weighted by atomic mass is 9.92. The van der Waals surface area contributed by atoms with Gasteiger partial charge in [-0.05, 0) is 40.0 Å². The maximum absolute atomic E-state index is 3.68. The quantitative estimate of drug-likeness (QED) is 0.726. The van der Waals surface area contributed by atoms with Gasteiger partial charge in [0.05, 0.1) is 0 Å². The van der Waals surface area contributed by atoms with E-state index in [1.807, 2.05) is 0 Å². The zero-order valence-electron chi connectivity index (χ0n) is 10.1. The Kier molecular flexibility index (Phi) is 2.39. The van der Waals surface area contributed by atoms with Crippen molar-refractivity contribution in [3.63, 3.8) is 0 Å². The van der Waals surface area contributed by atoms with Gasteiger partial charge in [0.1, 0.15) is 0 Å². The Labute approximate surface area is 88.1 Å². The summed E-state index contributed by atoms with van der Waals surface area (Å²) in [5, 5.41) is 3.68. The molecule has 1 saturated carbocycles. The highest BCUT2D eigenvalue weighted by Crippen LogP contribution is 2.43. The zero-order valence-corrected chi connectivity index (χ0v) is 10.1. The average molecular weight is 196 g/mol. The first-order valence-electron chi connectivity index (χ1n) is 6.01. The number of nitrogens with zero attached hydrogens (tertiary/aromatic N) is 1. The number of rotatable bonds is 2. The predicted octanol–water partition coefficient (Wildman–Crippen LogP) is 2.00. The summed E-state index contributed by atoms with van der Waals surface area (Å²) in [6.07, 6.45) is 4.03. The van der Waals surface area contributed by atoms with Gasteiger partial charge in [0, 0.05) is 30.2 Å². The molecule has 2 fully saturated rings. The summed E-state index contributed by atoms with van der Waals surface area (Å²) in [6, 6.07) is 0.710. The van der Waals surface area contributed by atoms with Crippen LogP contribution in [-0.4, -0.2) is 35.1 Å². The second-order valence-corrected chi connectivity index (χ2v) is 5.77. The number of nitrogens with one attached hydrogen (secondary N) is 1. The number of hydrogen-bond donors (Lipinski definition) is 1. The Hall–Kier alpha value is -0.0800. The maximum Gasteiger partial charge on any atom is 0.0278 e. The Morgan fingerprint density at radius 1 is 1.36 bits per heavy atom. The van der Waals surface area contributed by atoms with Gasteiger partial charge in [-0.1, -0.05) is 6.92 Å². The van der Waals surface area contributed by atoms with Gasteiger partial charge in [0.15, 0.2) is 0 Å². The molecule has 2 heteroatoms. The van der Waals surface area contributed by atoms with Crippen molar-refractivity contribution >= 4 is 0 Å². The summed E-state index contributed by atoms with van der Waals surface area (Å²) in [5.74, 6) is 0. The Morgan fingerprint density at radius 2 is 2.00 bits per heavy atom. The van der Waals surface area contributed by atoms with Gasteiger partial charge in [-0.2, -0.15) is 0 Å². The molecule has 1 N–H and O–H groups in total. The largest absolute Gasteiger partial charge is 0.309 e. The third kappa shape index (κ3) is 1.70. The first-order valence-corrected chi connectivity index (χ1v) is 6.01. The molecule has 1 saturated heterocycles. The second kappa shape index (κ2) is 3.21. The molecular formula is C12H24N2. The Bertz CT molecular complexity index is 222. The summed E-state index contributed by atoms with van der Waals surface area (Å²) < 4.78 is 0. The molecule has 1 heterocycles. The van der Waals surface area contributed by atoms with Crippen molar-refractivity contribution in [1.82, 2.24) is 10.2 Å². The van der Waals surface area contributed by atoms with E-state index >= 15 is 0 Å². The van der Waals surface area contributed by atoms with Crippen LogP contribution < -0.4 is 5.32 Å². The highest BCUT2D eigenvalue weighted by Gasteiger charge is 2.48. The molecule has 14 heavy (non-hydrogen) atoms. The zero-order chi connectivity index (χ0) is 10.4. The first-order chi connectivity index (χ1) is 6.49. The van der Waals surface area contributed by atoms with Crippen LogP contribution in [-0.2, 0) is 0 Å². The average Bonchev–Trinajstić information content (AvgIpc) is 2.90. The molecule has 0 bridgehead atoms. The fraction of sp³-hybridized carbons (Fsp3) is 1.00. The van der Waals surface area contributed by atoms with E-state index in [0.29, 0.717) is 17.1 Å². The third-order valence-corrected chi connectivity index (χ3v) is 4.32. The summed E-state index contributed by atoms with van der Waals surface area (Å²) >= 11 is 0. The van der Waals surface area contributed by atoms with Crippen LogP contribution in [0, 0.1) is 0 Å². The van der Waals surface area contributed by atoms with E-state index < -0.39 is 0 Å². The van der Waals surface area contributed by atoms with Gasteiger partial charge >= 0.3 is 0 Å². The van der Waals surface area contributed by atoms with Crippen molar-refractivity contribution in [3.8, 4) is 0 Å². The lowest BCUT2D eigenvalue weighted by molar-refractivity contribution is 0.0492. The molecular weight excluding hydrogens is 172 g/mol. The topological polar surface area (TPSA) is 15.3 Å². The van der Waals surface area contributed by atoms with Crippen molar-refractivity contribution in [2.75, 3.05) is 13.1 Å². The van der Waals surface area contributed by atoms with Gasteiger partial charge in [0.25, 0.3) is 0 Å². The van der Waals surface area contributed by atoms with Crippen LogP contribution >= 0.6 is 0 Å². The summed E-state index contributed by atoms with van der Waals surface area (Å²) in [7, 11) is 0. The Balaban J connectivity index is 2.07. The van der Waals surface area contributed by atoms with Gasteiger partial charge in [-0.15, -0.1) is 0 Å². The van der Waals surface area contributed by atoms with Crippen molar-refractivity contribution in [2.24, 2.45) is 0 Å². The molecule has 2 unspecified atom stereocenters. The van der Waals surface area contributed by atoms with Gasteiger partial charge in [0.2, 0.25) is 0 Å². The third-order valence-electron chi connectivity index (χ3n) is 4.32. The van der Waals surface area contributed by atoms with Crippen LogP contribution in [0.25, 0.3) is 0 Å². The number of hydrogen-bond acceptors (Lipinski definition) is 2. The molecule has 2 nitrogen and oxygen atoms in total. The van der Waals surface area contributed by atoms with Crippen LogP contribution in [0.1, 0.15) is 47.0 Å². The van der Waals surface area contributed by atoms with E-state index in [0.717, 1.165) is 6.54 Å². The monoisotopic (exact) mass is 196 g/mol. The van der Waals surface area contributed by atoms with E-state index in [1.54, 1.807) is 0 Å². The standard InChI is InChI=1S/C12H24N2/c1-5-11(3)9-14(10(2)8-13-11)12(4)6-7-12/h10,13H,5-9H2,1-4H3. The smallest absolute Gasteiger partial charge is 0.0278 e. The lowest BCUT2D eigenvalue weighted by Crippen LogP contribution is -2.64. The molecule has 0 amide bonds. The first kappa shape index (κ1) is 10.4. The van der Waals surface area contributed by atoms with Gasteiger partial charge < -0.3 is 5.32 Å². The van der Waals surface area contributed by atoms with E-state index in [9.17, 15) is 0 Å². The van der Waals surface area contributed by atoms with Crippen molar-refractivity contribution < 1.29 is 0 Å². The lowest BCUT2D eigenvalue weighted by Gasteiger charge is -2.48. The van der Waals surface area contributed by atoms with E-state index in [-0.39, 0.29) is 0 Å². The minimum atomic E-state index is 0.345. The summed E-state index contributed by atoms with van der Waals surface area (Å²) in [5.41, 5.74) is 0.885. The highest BCUT2D eigenvalue weighted by molar-refractivity contribution is 5.06. The number of piperazine rings is 1. The molecule has 1 aliphatic heterocycles. The van der Waals surface area contributed by atoms with Crippen LogP contribution in [0.3, 0.4) is 0 Å². The van der Waals surface area contributed by atoms with Crippen LogP contribution in [0.4, 0.5) is 0 Å². The van der Waals surface area contributed by atoms with Crippen molar-refractivity contribution in [1.29, 1.82) is 0 Å². The maximum atomic E-state index is 3.68. The normalized spacial score (nSPS) is 42.4. The van der Waals surface area contributed by atoms with Gasteiger partial charge in [-0.3, -0.25) is 4.90 Å². The minimum Gasteiger partial charge on any atom is -0.309 e. The molecule has 0 radical (unpaired) electrons. The van der Waals surface area contributed by atoms with E-state index in [4.69, 9.17) is 0 Å². The fourth-order valence-corrected chi connectivity index (χ4v) is 2.52. The summed E-state index contributed by atoms with van der Waals surface area (Å²) in [6.45, 7) is 11.8. The Morgan fingerprint density at radius 3 is 2.50 bits per heavy atom. The van der Waals surface area contributed by atoms with E-state index in [2.05, 4.69) is 37.9 Å². The SMILES string of the molecule is CCC1(C)CN(C2(C)CC2)C(C)CN1. The minimum absolute atomic E-state index is 0.345.